The molecular formula is C35H37ClN6O6. The Bertz CT molecular complexity index is 2040. The highest BCUT2D eigenvalue weighted by molar-refractivity contribution is 6.31. The monoisotopic (exact) mass is 672 g/mol. The molecule has 48 heavy (non-hydrogen) atoms. The van der Waals surface area contributed by atoms with Gasteiger partial charge < -0.3 is 28.8 Å². The van der Waals surface area contributed by atoms with E-state index in [-0.39, 0.29) is 36.9 Å². The van der Waals surface area contributed by atoms with E-state index in [2.05, 4.69) is 11.5 Å². The summed E-state index contributed by atoms with van der Waals surface area (Å²) in [7, 11) is 0. The molecule has 0 aliphatic carbocycles. The number of aromatic nitrogens is 4. The summed E-state index contributed by atoms with van der Waals surface area (Å²) in [5.74, 6) is 0.207. The first-order chi connectivity index (χ1) is 23.2. The Morgan fingerprint density at radius 3 is 2.73 bits per heavy atom. The molecule has 2 saturated heterocycles. The van der Waals surface area contributed by atoms with Gasteiger partial charge in [-0.15, -0.1) is 0 Å². The van der Waals surface area contributed by atoms with E-state index in [1.165, 1.54) is 0 Å². The lowest BCUT2D eigenvalue weighted by Crippen LogP contribution is -2.44. The number of halogens is 1. The molecular weight excluding hydrogens is 636 g/mol. The Hall–Kier alpha value is -4.42. The number of amides is 1. The van der Waals surface area contributed by atoms with Gasteiger partial charge in [-0.1, -0.05) is 30.7 Å². The van der Waals surface area contributed by atoms with Crippen LogP contribution in [0.25, 0.3) is 33.1 Å². The number of nitrogens with zero attached hydrogens (tertiary/aromatic N) is 6. The molecule has 12 nitrogen and oxygen atoms in total. The lowest BCUT2D eigenvalue weighted by atomic mass is 9.93. The van der Waals surface area contributed by atoms with E-state index < -0.39 is 18.1 Å². The molecule has 4 aliphatic heterocycles. The van der Waals surface area contributed by atoms with Crippen LogP contribution in [-0.4, -0.2) is 85.9 Å². The number of carboxylic acid groups (broad SMARTS) is 1. The van der Waals surface area contributed by atoms with Crippen molar-refractivity contribution in [2.45, 2.75) is 70.2 Å². The minimum atomic E-state index is -0.975. The predicted molar refractivity (Wildman–Crippen MR) is 180 cm³/mol. The fourth-order valence-corrected chi connectivity index (χ4v) is 7.71. The summed E-state index contributed by atoms with van der Waals surface area (Å²) < 4.78 is 21.2. The number of para-hydroxylation sites is 1. The molecule has 4 aliphatic rings. The van der Waals surface area contributed by atoms with Gasteiger partial charge in [-0.25, -0.2) is 14.8 Å². The van der Waals surface area contributed by atoms with Crippen molar-refractivity contribution in [3.63, 3.8) is 0 Å². The van der Waals surface area contributed by atoms with Crippen molar-refractivity contribution in [3.8, 4) is 6.01 Å². The third-order valence-corrected chi connectivity index (χ3v) is 10.2. The number of ether oxygens (including phenoxy) is 2. The van der Waals surface area contributed by atoms with Crippen molar-refractivity contribution in [1.29, 1.82) is 0 Å². The molecule has 0 saturated carbocycles. The van der Waals surface area contributed by atoms with E-state index >= 15 is 0 Å². The summed E-state index contributed by atoms with van der Waals surface area (Å²) in [6, 6.07) is 12.7. The normalized spacial score (nSPS) is 25.5. The van der Waals surface area contributed by atoms with Crippen molar-refractivity contribution in [2.24, 2.45) is 5.92 Å². The summed E-state index contributed by atoms with van der Waals surface area (Å²) >= 11 is 6.38. The largest absolute Gasteiger partial charge is 0.480 e. The Morgan fingerprint density at radius 1 is 1.04 bits per heavy atom. The van der Waals surface area contributed by atoms with Crippen LogP contribution in [0.5, 0.6) is 6.01 Å². The molecule has 2 fully saturated rings. The minimum absolute atomic E-state index is 0.00414. The average Bonchev–Trinajstić information content (AvgIpc) is 3.76. The van der Waals surface area contributed by atoms with Gasteiger partial charge in [0.15, 0.2) is 11.4 Å². The fraction of sp³-hybridized carbons (Fsp3) is 0.457. The molecule has 13 heteroatoms. The summed E-state index contributed by atoms with van der Waals surface area (Å²) in [6.07, 6.45) is 1.74. The van der Waals surface area contributed by atoms with E-state index in [0.29, 0.717) is 83.8 Å². The molecule has 1 amide bonds. The van der Waals surface area contributed by atoms with E-state index in [1.54, 1.807) is 4.90 Å². The summed E-state index contributed by atoms with van der Waals surface area (Å²) in [5.41, 5.74) is 3.31. The average molecular weight is 673 g/mol. The number of fused-ring (bicyclic) bond motifs is 12. The highest BCUT2D eigenvalue weighted by Gasteiger charge is 2.42. The van der Waals surface area contributed by atoms with Crippen molar-refractivity contribution < 1.29 is 28.6 Å². The van der Waals surface area contributed by atoms with Crippen molar-refractivity contribution in [1.82, 2.24) is 24.4 Å². The number of anilines is 1. The van der Waals surface area contributed by atoms with Gasteiger partial charge >= 0.3 is 5.97 Å². The highest BCUT2D eigenvalue weighted by atomic mass is 35.5. The Kier molecular flexibility index (Phi) is 7.87. The number of hydrogen-bond acceptors (Lipinski definition) is 9. The minimum Gasteiger partial charge on any atom is -0.480 e. The number of aryl methyl sites for hydroxylation is 1. The molecule has 5 aromatic rings. The second-order valence-electron chi connectivity index (χ2n) is 13.3. The van der Waals surface area contributed by atoms with E-state index in [4.69, 9.17) is 40.4 Å². The molecule has 5 atom stereocenters. The second kappa shape index (κ2) is 12.2. The molecule has 2 aromatic carbocycles. The van der Waals surface area contributed by atoms with Crippen molar-refractivity contribution in [3.05, 3.63) is 53.3 Å². The Labute approximate surface area is 281 Å². The number of piperidine rings is 1. The first-order valence-electron chi connectivity index (χ1n) is 16.6. The van der Waals surface area contributed by atoms with Crippen LogP contribution >= 0.6 is 11.6 Å². The number of hydrogen-bond donors (Lipinski definition) is 1. The third kappa shape index (κ3) is 5.50. The Morgan fingerprint density at radius 2 is 1.90 bits per heavy atom. The van der Waals surface area contributed by atoms with Crippen LogP contribution in [-0.2, 0) is 20.7 Å². The molecule has 6 bridgehead atoms. The van der Waals surface area contributed by atoms with Crippen LogP contribution in [0.15, 0.2) is 46.9 Å². The predicted octanol–water partition coefficient (Wildman–Crippen LogP) is 5.64. The second-order valence-corrected chi connectivity index (χ2v) is 13.7. The first kappa shape index (κ1) is 30.9. The summed E-state index contributed by atoms with van der Waals surface area (Å²) in [6.45, 7) is 5.91. The number of aliphatic carboxylic acids is 1. The number of furan rings is 1. The number of carboxylic acids is 1. The van der Waals surface area contributed by atoms with E-state index in [9.17, 15) is 14.7 Å². The number of carbonyl (C=O) groups excluding carboxylic acids is 1. The fourth-order valence-electron chi connectivity index (χ4n) is 7.55. The van der Waals surface area contributed by atoms with Gasteiger partial charge in [0, 0.05) is 42.4 Å². The van der Waals surface area contributed by atoms with Gasteiger partial charge in [0.05, 0.1) is 36.7 Å². The SMILES string of the molecule is CC1CCc2nc(c3oc4ccccc4c3n2)N2C[C@H](C[C@H]2C(=O)O)Oc2nc3cc(Cl)ccc3n2[C@H]2CCN(C[C@@H]2C)C(=O)CCO1. The molecule has 9 rings (SSSR count). The molecule has 7 heterocycles. The van der Waals surface area contributed by atoms with Crippen LogP contribution in [0.4, 0.5) is 5.82 Å². The van der Waals surface area contributed by atoms with E-state index in [0.717, 1.165) is 17.3 Å². The van der Waals surface area contributed by atoms with Crippen LogP contribution in [0, 0.1) is 5.92 Å². The van der Waals surface area contributed by atoms with Crippen LogP contribution in [0.1, 0.15) is 51.4 Å². The van der Waals surface area contributed by atoms with Crippen molar-refractivity contribution >= 4 is 62.4 Å². The zero-order chi connectivity index (χ0) is 33.1. The lowest BCUT2D eigenvalue weighted by Gasteiger charge is -2.38. The summed E-state index contributed by atoms with van der Waals surface area (Å²) in [4.78, 5) is 44.4. The lowest BCUT2D eigenvalue weighted by molar-refractivity contribution is -0.138. The zero-order valence-corrected chi connectivity index (χ0v) is 27.6. The number of rotatable bonds is 1. The van der Waals surface area contributed by atoms with Gasteiger partial charge in [0.25, 0.3) is 6.01 Å². The van der Waals surface area contributed by atoms with Crippen LogP contribution in [0.2, 0.25) is 5.02 Å². The van der Waals surface area contributed by atoms with Gasteiger partial charge in [0.1, 0.15) is 29.1 Å². The molecule has 3 aromatic heterocycles. The number of imidazole rings is 1. The Balaban J connectivity index is 1.24. The molecule has 1 N–H and O–H groups in total. The number of benzene rings is 2. The van der Waals surface area contributed by atoms with Crippen molar-refractivity contribution in [2.75, 3.05) is 31.1 Å². The summed E-state index contributed by atoms with van der Waals surface area (Å²) in [5, 5.41) is 11.9. The topological polar surface area (TPSA) is 136 Å². The third-order valence-electron chi connectivity index (χ3n) is 10.00. The van der Waals surface area contributed by atoms with Gasteiger partial charge in [-0.05, 0) is 56.0 Å². The maximum atomic E-state index is 13.2. The zero-order valence-electron chi connectivity index (χ0n) is 26.8. The van der Waals surface area contributed by atoms with Crippen LogP contribution in [0.3, 0.4) is 0 Å². The van der Waals surface area contributed by atoms with Gasteiger partial charge in [0.2, 0.25) is 5.91 Å². The molecule has 1 unspecified atom stereocenters. The van der Waals surface area contributed by atoms with Gasteiger partial charge in [-0.2, -0.15) is 4.98 Å². The molecule has 0 radical (unpaired) electrons. The number of carbonyl (C=O) groups is 2. The highest BCUT2D eigenvalue weighted by Crippen LogP contribution is 2.40. The standard InChI is InChI=1S/C35H37ClN6O6/c1-19-17-40-13-11-25(19)42-26-9-8-21(36)15-24(26)37-35(42)47-22-16-27(34(44)45)41(18-22)33-32-31(23-5-3-4-6-28(23)48-32)38-29(39-33)10-7-20(2)46-14-12-30(40)43/h3-6,8-9,15,19-20,22,25,27H,7,10-14,16-18H2,1-2H3,(H,44,45)/t19-,20?,22-,25-,27-/m0/s1. The maximum Gasteiger partial charge on any atom is 0.326 e. The smallest absolute Gasteiger partial charge is 0.326 e. The quantitative estimate of drug-likeness (QED) is 0.238. The van der Waals surface area contributed by atoms with Gasteiger partial charge in [-0.3, -0.25) is 9.36 Å². The first-order valence-corrected chi connectivity index (χ1v) is 17.0. The maximum absolute atomic E-state index is 13.2. The van der Waals surface area contributed by atoms with E-state index in [1.807, 2.05) is 54.3 Å². The molecule has 0 spiro atoms. The molecule has 250 valence electrons. The van der Waals surface area contributed by atoms with Crippen LogP contribution < -0.4 is 9.64 Å².